The van der Waals surface area contributed by atoms with Gasteiger partial charge in [0.25, 0.3) is 0 Å². The summed E-state index contributed by atoms with van der Waals surface area (Å²) in [4.78, 5) is 15.3. The average Bonchev–Trinajstić information content (AvgIpc) is 3.03. The molecule has 1 aliphatic carbocycles. The molecule has 0 unspecified atom stereocenters. The van der Waals surface area contributed by atoms with Crippen LogP contribution in [0.15, 0.2) is 30.3 Å². The Morgan fingerprint density at radius 3 is 2.51 bits per heavy atom. The fourth-order valence-corrected chi connectivity index (χ4v) is 6.17. The number of hydrogen-bond acceptors (Lipinski definition) is 4. The molecule has 1 amide bonds. The fraction of sp³-hybridized carbons (Fsp3) is 0.552. The third kappa shape index (κ3) is 4.77. The van der Waals surface area contributed by atoms with Crippen LogP contribution in [0, 0.1) is 24.1 Å². The molecule has 188 valence electrons. The van der Waals surface area contributed by atoms with Gasteiger partial charge in [0.1, 0.15) is 17.7 Å². The number of carbonyl (C=O) groups is 1. The Balaban J connectivity index is 1.36. The number of amides is 1. The lowest BCUT2D eigenvalue weighted by Crippen LogP contribution is -2.53. The molecule has 2 atom stereocenters. The van der Waals surface area contributed by atoms with E-state index in [1.165, 1.54) is 0 Å². The molecule has 5 nitrogen and oxygen atoms in total. The number of carbonyl (C=O) groups excluding carboxylic acids is 1. The largest absolute Gasteiger partial charge is 0.491 e. The van der Waals surface area contributed by atoms with Crippen LogP contribution >= 0.6 is 0 Å². The van der Waals surface area contributed by atoms with E-state index in [1.807, 2.05) is 45.0 Å². The van der Waals surface area contributed by atoms with Gasteiger partial charge in [0.15, 0.2) is 0 Å². The number of piperidine rings is 3. The summed E-state index contributed by atoms with van der Waals surface area (Å²) in [6, 6.07) is 9.06. The Morgan fingerprint density at radius 2 is 1.89 bits per heavy atom. The molecule has 3 aliphatic heterocycles. The second-order valence-corrected chi connectivity index (χ2v) is 11.5. The van der Waals surface area contributed by atoms with Crippen molar-refractivity contribution in [3.8, 4) is 16.9 Å². The van der Waals surface area contributed by atoms with Crippen molar-refractivity contribution in [3.05, 3.63) is 52.8 Å². The average molecular weight is 481 g/mol. The molecule has 2 aromatic carbocycles. The maximum atomic E-state index is 15.5. The van der Waals surface area contributed by atoms with Gasteiger partial charge in [-0.3, -0.25) is 4.90 Å². The molecular weight excluding hydrogens is 443 g/mol. The summed E-state index contributed by atoms with van der Waals surface area (Å²) in [5.41, 5.74) is 4.09. The zero-order valence-electron chi connectivity index (χ0n) is 21.5. The van der Waals surface area contributed by atoms with Crippen LogP contribution in [0.3, 0.4) is 0 Å². The summed E-state index contributed by atoms with van der Waals surface area (Å²) >= 11 is 0. The lowest BCUT2D eigenvalue weighted by molar-refractivity contribution is -0.0349. The van der Waals surface area contributed by atoms with Crippen molar-refractivity contribution in [1.82, 2.24) is 10.2 Å². The topological polar surface area (TPSA) is 50.8 Å². The summed E-state index contributed by atoms with van der Waals surface area (Å²) in [7, 11) is 0. The number of rotatable bonds is 5. The number of nitrogens with one attached hydrogen (secondary N) is 1. The molecule has 3 saturated heterocycles. The highest BCUT2D eigenvalue weighted by molar-refractivity contribution is 5.72. The van der Waals surface area contributed by atoms with Crippen LogP contribution in [-0.2, 0) is 11.2 Å². The Morgan fingerprint density at radius 1 is 1.14 bits per heavy atom. The van der Waals surface area contributed by atoms with Crippen LogP contribution in [-0.4, -0.2) is 42.8 Å². The van der Waals surface area contributed by atoms with Crippen LogP contribution < -0.4 is 10.1 Å². The van der Waals surface area contributed by atoms with Crippen molar-refractivity contribution in [2.24, 2.45) is 11.3 Å². The van der Waals surface area contributed by atoms with Gasteiger partial charge in [0.2, 0.25) is 0 Å². The van der Waals surface area contributed by atoms with Gasteiger partial charge in [0, 0.05) is 12.1 Å². The molecule has 2 aromatic rings. The van der Waals surface area contributed by atoms with Gasteiger partial charge in [-0.15, -0.1) is 0 Å². The summed E-state index contributed by atoms with van der Waals surface area (Å²) in [6.45, 7) is 13.2. The van der Waals surface area contributed by atoms with Crippen LogP contribution in [0.4, 0.5) is 9.18 Å². The van der Waals surface area contributed by atoms with Gasteiger partial charge in [-0.2, -0.15) is 0 Å². The molecule has 6 rings (SSSR count). The van der Waals surface area contributed by atoms with Crippen molar-refractivity contribution < 1.29 is 18.7 Å². The second-order valence-electron chi connectivity index (χ2n) is 11.5. The zero-order valence-corrected chi connectivity index (χ0v) is 21.5. The third-order valence-corrected chi connectivity index (χ3v) is 7.94. The zero-order chi connectivity index (χ0) is 24.9. The maximum absolute atomic E-state index is 15.5. The molecule has 1 N–H and O–H groups in total. The molecule has 0 spiro atoms. The van der Waals surface area contributed by atoms with Crippen molar-refractivity contribution in [1.29, 1.82) is 0 Å². The van der Waals surface area contributed by atoms with Gasteiger partial charge in [-0.05, 0) is 111 Å². The van der Waals surface area contributed by atoms with E-state index in [-0.39, 0.29) is 29.5 Å². The van der Waals surface area contributed by atoms with E-state index < -0.39 is 6.09 Å². The van der Waals surface area contributed by atoms with Crippen LogP contribution in [0.1, 0.15) is 63.3 Å². The number of halogens is 1. The standard InChI is InChI=1S/C29H37FN2O3/c1-17(2)34-21-6-7-22(18(3)12-21)24-13-20-15-29(4,5)27(23(20)14-25(24)30)31-28(33)35-26-16-32-10-8-19(26)9-11-32/h6-7,12-14,17,19,26-27H,8-11,15-16H2,1-5H3,(H,31,33)/t26-,27-/m0/s1. The monoisotopic (exact) mass is 480 g/mol. The number of aryl methyl sites for hydroxylation is 1. The Kier molecular flexibility index (Phi) is 6.28. The highest BCUT2D eigenvalue weighted by atomic mass is 19.1. The lowest BCUT2D eigenvalue weighted by Gasteiger charge is -2.44. The van der Waals surface area contributed by atoms with E-state index in [4.69, 9.17) is 9.47 Å². The highest BCUT2D eigenvalue weighted by Crippen LogP contribution is 2.47. The normalized spacial score (nSPS) is 26.5. The van der Waals surface area contributed by atoms with E-state index >= 15 is 4.39 Å². The van der Waals surface area contributed by atoms with Gasteiger partial charge in [-0.1, -0.05) is 19.9 Å². The first kappa shape index (κ1) is 24.1. The Labute approximate surface area is 208 Å². The summed E-state index contributed by atoms with van der Waals surface area (Å²) in [5.74, 6) is 0.963. The second kappa shape index (κ2) is 9.12. The van der Waals surface area contributed by atoms with Crippen LogP contribution in [0.25, 0.3) is 11.1 Å². The first-order chi connectivity index (χ1) is 16.6. The summed E-state index contributed by atoms with van der Waals surface area (Å²) < 4.78 is 27.1. The number of hydrogen-bond donors (Lipinski definition) is 1. The van der Waals surface area contributed by atoms with Gasteiger partial charge in [-0.25, -0.2) is 9.18 Å². The summed E-state index contributed by atoms with van der Waals surface area (Å²) in [6.07, 6.45) is 2.58. The molecular formula is C29H37FN2O3. The Bertz CT molecular complexity index is 1120. The number of nitrogens with zero attached hydrogens (tertiary/aromatic N) is 1. The number of benzene rings is 2. The van der Waals surface area contributed by atoms with E-state index in [2.05, 4.69) is 24.1 Å². The predicted molar refractivity (Wildman–Crippen MR) is 135 cm³/mol. The molecule has 6 heteroatoms. The lowest BCUT2D eigenvalue weighted by atomic mass is 9.85. The number of ether oxygens (including phenoxy) is 2. The molecule has 0 radical (unpaired) electrons. The van der Waals surface area contributed by atoms with Gasteiger partial charge >= 0.3 is 6.09 Å². The maximum Gasteiger partial charge on any atom is 0.407 e. The molecule has 2 bridgehead atoms. The minimum atomic E-state index is -0.393. The van der Waals surface area contributed by atoms with E-state index in [9.17, 15) is 4.79 Å². The molecule has 4 aliphatic rings. The van der Waals surface area contributed by atoms with Crippen molar-refractivity contribution in [2.45, 2.75) is 72.1 Å². The number of alkyl carbamates (subject to hydrolysis) is 1. The predicted octanol–water partition coefficient (Wildman–Crippen LogP) is 6.03. The molecule has 3 fully saturated rings. The fourth-order valence-electron chi connectivity index (χ4n) is 6.17. The number of fused-ring (bicyclic) bond motifs is 4. The van der Waals surface area contributed by atoms with Crippen molar-refractivity contribution in [2.75, 3.05) is 19.6 Å². The van der Waals surface area contributed by atoms with Gasteiger partial charge in [0.05, 0.1) is 12.1 Å². The highest BCUT2D eigenvalue weighted by Gasteiger charge is 2.42. The van der Waals surface area contributed by atoms with Crippen molar-refractivity contribution >= 4 is 6.09 Å². The van der Waals surface area contributed by atoms with Gasteiger partial charge < -0.3 is 14.8 Å². The minimum Gasteiger partial charge on any atom is -0.491 e. The first-order valence-corrected chi connectivity index (χ1v) is 12.9. The SMILES string of the molecule is Cc1cc(OC(C)C)ccc1-c1cc2c(cc1F)[C@H](NC(=O)O[C@H]1CN3CCC1CC3)C(C)(C)C2. The third-order valence-electron chi connectivity index (χ3n) is 7.94. The summed E-state index contributed by atoms with van der Waals surface area (Å²) in [5, 5.41) is 3.09. The van der Waals surface area contributed by atoms with Crippen molar-refractivity contribution in [3.63, 3.8) is 0 Å². The minimum absolute atomic E-state index is 0.0498. The molecule has 0 aromatic heterocycles. The van der Waals surface area contributed by atoms with Crippen LogP contribution in [0.5, 0.6) is 5.75 Å². The van der Waals surface area contributed by atoms with E-state index in [0.29, 0.717) is 11.5 Å². The first-order valence-electron chi connectivity index (χ1n) is 12.9. The quantitative estimate of drug-likeness (QED) is 0.568. The molecule has 0 saturated carbocycles. The van der Waals surface area contributed by atoms with E-state index in [0.717, 1.165) is 66.9 Å². The van der Waals surface area contributed by atoms with Crippen LogP contribution in [0.2, 0.25) is 0 Å². The molecule has 3 heterocycles. The molecule has 35 heavy (non-hydrogen) atoms. The Hall–Kier alpha value is -2.60. The smallest absolute Gasteiger partial charge is 0.407 e. The van der Waals surface area contributed by atoms with E-state index in [1.54, 1.807) is 6.07 Å².